The van der Waals surface area contributed by atoms with Crippen LogP contribution in [0.2, 0.25) is 0 Å². The van der Waals surface area contributed by atoms with Crippen molar-refractivity contribution in [3.8, 4) is 11.9 Å². The Bertz CT molecular complexity index is 643. The molecule has 0 unspecified atom stereocenters. The molecule has 0 aliphatic heterocycles. The van der Waals surface area contributed by atoms with Crippen molar-refractivity contribution in [3.05, 3.63) is 29.7 Å². The molecular formula is C13H16N4O3. The molecule has 0 radical (unpaired) electrons. The third kappa shape index (κ3) is 3.11. The topological polar surface area (TPSA) is 90.1 Å². The number of carbonyl (C=O) groups is 1. The Labute approximate surface area is 116 Å². The van der Waals surface area contributed by atoms with Gasteiger partial charge in [0.05, 0.1) is 11.3 Å². The minimum atomic E-state index is -1.03. The molecule has 0 saturated carbocycles. The van der Waals surface area contributed by atoms with E-state index >= 15 is 0 Å². The Morgan fingerprint density at radius 1 is 1.35 bits per heavy atom. The van der Waals surface area contributed by atoms with Crippen LogP contribution in [-0.2, 0) is 12.5 Å². The predicted molar refractivity (Wildman–Crippen MR) is 71.0 cm³/mol. The van der Waals surface area contributed by atoms with Gasteiger partial charge in [-0.3, -0.25) is 4.68 Å². The molecule has 1 N–H and O–H groups in total. The number of ether oxygens (including phenoxy) is 1. The number of aromatic carboxylic acids is 1. The van der Waals surface area contributed by atoms with Crippen molar-refractivity contribution in [2.24, 2.45) is 7.05 Å². The number of carboxylic acids is 1. The molecule has 0 atom stereocenters. The zero-order chi connectivity index (χ0) is 14.9. The maximum atomic E-state index is 11.2. The Hall–Kier alpha value is -2.44. The normalized spacial score (nSPS) is 11.4. The van der Waals surface area contributed by atoms with Crippen molar-refractivity contribution >= 4 is 5.97 Å². The average Bonchev–Trinajstić information content (AvgIpc) is 2.73. The van der Waals surface area contributed by atoms with Crippen LogP contribution in [-0.4, -0.2) is 30.8 Å². The number of rotatable bonds is 3. The second-order valence-corrected chi connectivity index (χ2v) is 5.44. The molecule has 0 saturated heterocycles. The van der Waals surface area contributed by atoms with Crippen LogP contribution >= 0.6 is 0 Å². The van der Waals surface area contributed by atoms with Gasteiger partial charge in [0.2, 0.25) is 5.88 Å². The van der Waals surface area contributed by atoms with E-state index in [4.69, 9.17) is 9.84 Å². The molecule has 2 heterocycles. The van der Waals surface area contributed by atoms with Crippen LogP contribution in [0.1, 0.15) is 36.8 Å². The van der Waals surface area contributed by atoms with Gasteiger partial charge in [-0.25, -0.2) is 9.78 Å². The molecule has 7 heteroatoms. The van der Waals surface area contributed by atoms with Crippen LogP contribution < -0.4 is 4.74 Å². The first kappa shape index (κ1) is 14.0. The van der Waals surface area contributed by atoms with Gasteiger partial charge in [0.25, 0.3) is 0 Å². The van der Waals surface area contributed by atoms with Crippen molar-refractivity contribution in [2.45, 2.75) is 26.2 Å². The fraction of sp³-hybridized carbons (Fsp3) is 0.385. The molecule has 106 valence electrons. The number of aryl methyl sites for hydroxylation is 1. The summed E-state index contributed by atoms with van der Waals surface area (Å²) in [5.74, 6) is -0.863. The molecule has 0 bridgehead atoms. The van der Waals surface area contributed by atoms with Crippen LogP contribution in [0.5, 0.6) is 11.9 Å². The molecule has 0 aliphatic rings. The average molecular weight is 276 g/mol. The summed E-state index contributed by atoms with van der Waals surface area (Å²) in [5.41, 5.74) is 0.459. The summed E-state index contributed by atoms with van der Waals surface area (Å²) in [7, 11) is 1.71. The van der Waals surface area contributed by atoms with Crippen LogP contribution in [0, 0.1) is 0 Å². The van der Waals surface area contributed by atoms with Crippen molar-refractivity contribution in [2.75, 3.05) is 0 Å². The number of hydrogen-bond acceptors (Lipinski definition) is 5. The van der Waals surface area contributed by atoms with Gasteiger partial charge in [0.1, 0.15) is 6.33 Å². The van der Waals surface area contributed by atoms with Gasteiger partial charge in [-0.05, 0) is 6.07 Å². The summed E-state index contributed by atoms with van der Waals surface area (Å²) in [4.78, 5) is 19.4. The summed E-state index contributed by atoms with van der Waals surface area (Å²) in [6.07, 6.45) is 1.49. The zero-order valence-corrected chi connectivity index (χ0v) is 11.8. The van der Waals surface area contributed by atoms with E-state index < -0.39 is 5.97 Å². The molecule has 2 aromatic rings. The maximum absolute atomic E-state index is 11.2. The quantitative estimate of drug-likeness (QED) is 0.922. The Kier molecular flexibility index (Phi) is 3.44. The lowest BCUT2D eigenvalue weighted by atomic mass is 9.91. The molecule has 2 aromatic heterocycles. The van der Waals surface area contributed by atoms with Crippen LogP contribution in [0.3, 0.4) is 0 Å². The third-order valence-corrected chi connectivity index (χ3v) is 2.59. The summed E-state index contributed by atoms with van der Waals surface area (Å²) >= 11 is 0. The highest BCUT2D eigenvalue weighted by molar-refractivity contribution is 5.88. The van der Waals surface area contributed by atoms with Gasteiger partial charge in [0.15, 0.2) is 0 Å². The maximum Gasteiger partial charge on any atom is 0.342 e. The number of hydrogen-bond donors (Lipinski definition) is 1. The minimum Gasteiger partial charge on any atom is -0.478 e. The Balaban J connectivity index is 2.41. The summed E-state index contributed by atoms with van der Waals surface area (Å²) in [6, 6.07) is 3.03. The number of aromatic nitrogens is 4. The van der Waals surface area contributed by atoms with Crippen LogP contribution in [0.4, 0.5) is 0 Å². The van der Waals surface area contributed by atoms with E-state index in [1.807, 2.05) is 20.8 Å². The summed E-state index contributed by atoms with van der Waals surface area (Å²) in [6.45, 7) is 5.84. The van der Waals surface area contributed by atoms with E-state index in [1.165, 1.54) is 17.1 Å². The summed E-state index contributed by atoms with van der Waals surface area (Å²) in [5, 5.41) is 13.1. The van der Waals surface area contributed by atoms with E-state index in [2.05, 4.69) is 15.1 Å². The van der Waals surface area contributed by atoms with Crippen molar-refractivity contribution in [1.82, 2.24) is 19.7 Å². The van der Waals surface area contributed by atoms with Crippen LogP contribution in [0.25, 0.3) is 0 Å². The lowest BCUT2D eigenvalue weighted by Gasteiger charge is -2.18. The fourth-order valence-electron chi connectivity index (χ4n) is 1.53. The van der Waals surface area contributed by atoms with Gasteiger partial charge < -0.3 is 9.84 Å². The first-order valence-corrected chi connectivity index (χ1v) is 6.05. The molecule has 0 aliphatic carbocycles. The second kappa shape index (κ2) is 4.92. The molecular weight excluding hydrogens is 260 g/mol. The highest BCUT2D eigenvalue weighted by Crippen LogP contribution is 2.25. The Morgan fingerprint density at radius 3 is 2.55 bits per heavy atom. The van der Waals surface area contributed by atoms with Crippen LogP contribution in [0.15, 0.2) is 18.5 Å². The Morgan fingerprint density at radius 2 is 2.05 bits per heavy atom. The third-order valence-electron chi connectivity index (χ3n) is 2.59. The fourth-order valence-corrected chi connectivity index (χ4v) is 1.53. The zero-order valence-electron chi connectivity index (χ0n) is 11.8. The van der Waals surface area contributed by atoms with E-state index in [0.29, 0.717) is 5.69 Å². The van der Waals surface area contributed by atoms with Crippen molar-refractivity contribution in [1.29, 1.82) is 0 Å². The molecule has 0 fully saturated rings. The van der Waals surface area contributed by atoms with Gasteiger partial charge in [-0.2, -0.15) is 4.98 Å². The second-order valence-electron chi connectivity index (χ2n) is 5.44. The number of carboxylic acid groups (broad SMARTS) is 1. The highest BCUT2D eigenvalue weighted by atomic mass is 16.5. The first-order chi connectivity index (χ1) is 9.25. The lowest BCUT2D eigenvalue weighted by molar-refractivity contribution is 0.0696. The van der Waals surface area contributed by atoms with Gasteiger partial charge in [-0.15, -0.1) is 5.10 Å². The number of nitrogens with zero attached hydrogens (tertiary/aromatic N) is 4. The largest absolute Gasteiger partial charge is 0.478 e. The van der Waals surface area contributed by atoms with Crippen molar-refractivity contribution in [3.63, 3.8) is 0 Å². The molecule has 0 amide bonds. The van der Waals surface area contributed by atoms with Gasteiger partial charge >= 0.3 is 12.0 Å². The molecule has 7 nitrogen and oxygen atoms in total. The van der Waals surface area contributed by atoms with E-state index in [1.54, 1.807) is 13.1 Å². The minimum absolute atomic E-state index is 0.121. The lowest BCUT2D eigenvalue weighted by Crippen LogP contribution is -2.15. The first-order valence-electron chi connectivity index (χ1n) is 6.05. The molecule has 2 rings (SSSR count). The van der Waals surface area contributed by atoms with E-state index in [0.717, 1.165) is 0 Å². The van der Waals surface area contributed by atoms with E-state index in [9.17, 15) is 4.79 Å². The number of pyridine rings is 1. The molecule has 20 heavy (non-hydrogen) atoms. The highest BCUT2D eigenvalue weighted by Gasteiger charge is 2.20. The molecule has 0 aromatic carbocycles. The smallest absolute Gasteiger partial charge is 0.342 e. The SMILES string of the molecule is Cn1cnc(Oc2cc(C(=O)O)cc(C(C)(C)C)n2)n1. The standard InChI is InChI=1S/C13H16N4O3/c1-13(2,3)9-5-8(11(18)19)6-10(15-9)20-12-14-7-17(4)16-12/h5-7H,1-4H3,(H,18,19). The monoisotopic (exact) mass is 276 g/mol. The van der Waals surface area contributed by atoms with Crippen molar-refractivity contribution < 1.29 is 14.6 Å². The van der Waals surface area contributed by atoms with Gasteiger partial charge in [0, 0.05) is 18.5 Å². The van der Waals surface area contributed by atoms with E-state index in [-0.39, 0.29) is 22.9 Å². The summed E-state index contributed by atoms with van der Waals surface area (Å²) < 4.78 is 6.90. The molecule has 0 spiro atoms. The van der Waals surface area contributed by atoms with Gasteiger partial charge in [-0.1, -0.05) is 20.8 Å². The predicted octanol–water partition coefficient (Wildman–Crippen LogP) is 2.00.